The quantitative estimate of drug-likeness (QED) is 0.664. The number of rotatable bonds is 5. The second-order valence-electron chi connectivity index (χ2n) is 6.41. The Kier molecular flexibility index (Phi) is 4.75. The minimum Gasteiger partial charge on any atom is -0.457 e. The molecule has 0 N–H and O–H groups in total. The number of pyridine rings is 1. The van der Waals surface area contributed by atoms with Crippen LogP contribution in [0.4, 0.5) is 0 Å². The molecule has 1 aliphatic rings. The molecule has 0 spiro atoms. The largest absolute Gasteiger partial charge is 0.457 e. The maximum Gasteiger partial charge on any atom is 0.340 e. The van der Waals surface area contributed by atoms with Gasteiger partial charge in [-0.1, -0.05) is 30.3 Å². The number of nitrogens with zero attached hydrogens (tertiary/aromatic N) is 4. The second-order valence-corrected chi connectivity index (χ2v) is 6.41. The van der Waals surface area contributed by atoms with E-state index >= 15 is 0 Å². The Bertz CT molecular complexity index is 847. The molecule has 6 nitrogen and oxygen atoms in total. The molecular formula is C20H20N4O2. The maximum absolute atomic E-state index is 12.4. The number of ether oxygens (including phenoxy) is 1. The molecule has 0 aliphatic carbocycles. The van der Waals surface area contributed by atoms with Crippen LogP contribution in [0.3, 0.4) is 0 Å². The lowest BCUT2D eigenvalue weighted by molar-refractivity contribution is 0.0320. The summed E-state index contributed by atoms with van der Waals surface area (Å²) in [4.78, 5) is 23.0. The van der Waals surface area contributed by atoms with E-state index in [0.717, 1.165) is 26.1 Å². The van der Waals surface area contributed by atoms with Crippen LogP contribution in [0, 0.1) is 0 Å². The molecule has 0 amide bonds. The molecule has 4 rings (SSSR count). The van der Waals surface area contributed by atoms with E-state index in [1.165, 1.54) is 5.56 Å². The van der Waals surface area contributed by atoms with Crippen molar-refractivity contribution in [1.29, 1.82) is 0 Å². The first kappa shape index (κ1) is 16.5. The maximum atomic E-state index is 12.4. The predicted molar refractivity (Wildman–Crippen MR) is 96.9 cm³/mol. The Balaban J connectivity index is 1.32. The summed E-state index contributed by atoms with van der Waals surface area (Å²) < 4.78 is 7.44. The van der Waals surface area contributed by atoms with Crippen LogP contribution in [-0.4, -0.2) is 44.6 Å². The van der Waals surface area contributed by atoms with Gasteiger partial charge in [0.05, 0.1) is 5.56 Å². The standard InChI is InChI=1S/C20H20N4O2/c25-20(17-6-7-19(22-12-17)24-11-9-21-15-24)26-18-8-10-23(14-18)13-16-4-2-1-3-5-16/h1-7,9,11-12,15,18H,8,10,13-14H2/t18-/m1/s1. The first-order chi connectivity index (χ1) is 12.8. The zero-order valence-corrected chi connectivity index (χ0v) is 14.4. The van der Waals surface area contributed by atoms with Gasteiger partial charge in [-0.25, -0.2) is 14.8 Å². The summed E-state index contributed by atoms with van der Waals surface area (Å²) in [6.45, 7) is 2.59. The highest BCUT2D eigenvalue weighted by Gasteiger charge is 2.26. The minimum absolute atomic E-state index is 0.0699. The first-order valence-electron chi connectivity index (χ1n) is 8.69. The second kappa shape index (κ2) is 7.49. The summed E-state index contributed by atoms with van der Waals surface area (Å²) >= 11 is 0. The van der Waals surface area contributed by atoms with Gasteiger partial charge in [0.2, 0.25) is 0 Å². The molecule has 1 aliphatic heterocycles. The molecule has 26 heavy (non-hydrogen) atoms. The number of carbonyl (C=O) groups excluding carboxylic acids is 1. The summed E-state index contributed by atoms with van der Waals surface area (Å²) in [6.07, 6.45) is 7.50. The van der Waals surface area contributed by atoms with Gasteiger partial charge in [-0.05, 0) is 24.1 Å². The van der Waals surface area contributed by atoms with Crippen molar-refractivity contribution in [2.45, 2.75) is 19.1 Å². The van der Waals surface area contributed by atoms with Gasteiger partial charge in [0.1, 0.15) is 18.2 Å². The average molecular weight is 348 g/mol. The summed E-state index contributed by atoms with van der Waals surface area (Å²) in [6, 6.07) is 13.9. The Morgan fingerprint density at radius 1 is 1.19 bits per heavy atom. The van der Waals surface area contributed by atoms with Crippen molar-refractivity contribution in [1.82, 2.24) is 19.4 Å². The van der Waals surface area contributed by atoms with Crippen LogP contribution in [0.2, 0.25) is 0 Å². The van der Waals surface area contributed by atoms with Crippen LogP contribution < -0.4 is 0 Å². The molecule has 1 saturated heterocycles. The van der Waals surface area contributed by atoms with E-state index in [0.29, 0.717) is 11.4 Å². The number of likely N-dealkylation sites (tertiary alicyclic amines) is 1. The highest BCUT2D eigenvalue weighted by atomic mass is 16.5. The van der Waals surface area contributed by atoms with Crippen molar-refractivity contribution in [2.75, 3.05) is 13.1 Å². The van der Waals surface area contributed by atoms with E-state index in [1.54, 1.807) is 41.6 Å². The van der Waals surface area contributed by atoms with Gasteiger partial charge >= 0.3 is 5.97 Å². The van der Waals surface area contributed by atoms with Gasteiger partial charge in [-0.15, -0.1) is 0 Å². The van der Waals surface area contributed by atoms with Crippen molar-refractivity contribution >= 4 is 5.97 Å². The van der Waals surface area contributed by atoms with E-state index in [-0.39, 0.29) is 12.1 Å². The summed E-state index contributed by atoms with van der Waals surface area (Å²) in [5, 5.41) is 0. The summed E-state index contributed by atoms with van der Waals surface area (Å²) in [7, 11) is 0. The summed E-state index contributed by atoms with van der Waals surface area (Å²) in [5.41, 5.74) is 1.74. The van der Waals surface area contributed by atoms with Crippen LogP contribution in [0.5, 0.6) is 0 Å². The fourth-order valence-electron chi connectivity index (χ4n) is 3.15. The topological polar surface area (TPSA) is 60.2 Å². The van der Waals surface area contributed by atoms with Gasteiger partial charge in [0, 0.05) is 38.2 Å². The van der Waals surface area contributed by atoms with Crippen molar-refractivity contribution < 1.29 is 9.53 Å². The lowest BCUT2D eigenvalue weighted by atomic mass is 10.2. The molecule has 6 heteroatoms. The molecule has 0 unspecified atom stereocenters. The molecule has 1 atom stereocenters. The third-order valence-electron chi connectivity index (χ3n) is 4.50. The lowest BCUT2D eigenvalue weighted by Gasteiger charge is -2.16. The molecule has 0 bridgehead atoms. The lowest BCUT2D eigenvalue weighted by Crippen LogP contribution is -2.24. The van der Waals surface area contributed by atoms with Gasteiger partial charge in [-0.3, -0.25) is 9.47 Å². The molecule has 3 aromatic rings. The SMILES string of the molecule is O=C(O[C@@H]1CCN(Cc2ccccc2)C1)c1ccc(-n2ccnc2)nc1. The van der Waals surface area contributed by atoms with Crippen molar-refractivity contribution in [3.63, 3.8) is 0 Å². The van der Waals surface area contributed by atoms with E-state index in [2.05, 4.69) is 27.0 Å². The van der Waals surface area contributed by atoms with Crippen molar-refractivity contribution in [2.24, 2.45) is 0 Å². The normalized spacial score (nSPS) is 17.3. The monoisotopic (exact) mass is 348 g/mol. The molecule has 2 aromatic heterocycles. The summed E-state index contributed by atoms with van der Waals surface area (Å²) in [5.74, 6) is 0.398. The molecule has 0 saturated carbocycles. The average Bonchev–Trinajstić information content (AvgIpc) is 3.35. The van der Waals surface area contributed by atoms with E-state index in [9.17, 15) is 4.79 Å². The Morgan fingerprint density at radius 2 is 2.08 bits per heavy atom. The number of esters is 1. The van der Waals surface area contributed by atoms with Crippen LogP contribution in [-0.2, 0) is 11.3 Å². The van der Waals surface area contributed by atoms with E-state index < -0.39 is 0 Å². The number of aromatic nitrogens is 3. The van der Waals surface area contributed by atoms with E-state index in [4.69, 9.17) is 4.74 Å². The fourth-order valence-corrected chi connectivity index (χ4v) is 3.15. The highest BCUT2D eigenvalue weighted by Crippen LogP contribution is 2.17. The third-order valence-corrected chi connectivity index (χ3v) is 4.50. The Labute approximate surface area is 152 Å². The van der Waals surface area contributed by atoms with Crippen LogP contribution in [0.1, 0.15) is 22.3 Å². The fraction of sp³-hybridized carbons (Fsp3) is 0.250. The van der Waals surface area contributed by atoms with Crippen LogP contribution in [0.15, 0.2) is 67.4 Å². The van der Waals surface area contributed by atoms with Crippen molar-refractivity contribution in [3.05, 3.63) is 78.5 Å². The molecule has 1 aromatic carbocycles. The Hall–Kier alpha value is -2.99. The molecule has 1 fully saturated rings. The van der Waals surface area contributed by atoms with E-state index in [1.807, 2.05) is 18.2 Å². The molecule has 132 valence electrons. The Morgan fingerprint density at radius 3 is 2.81 bits per heavy atom. The number of hydrogen-bond acceptors (Lipinski definition) is 5. The van der Waals surface area contributed by atoms with Gasteiger partial charge in [-0.2, -0.15) is 0 Å². The smallest absolute Gasteiger partial charge is 0.340 e. The zero-order chi connectivity index (χ0) is 17.8. The van der Waals surface area contributed by atoms with Crippen molar-refractivity contribution in [3.8, 4) is 5.82 Å². The van der Waals surface area contributed by atoms with Gasteiger partial charge in [0.15, 0.2) is 0 Å². The molecule has 0 radical (unpaired) electrons. The number of benzene rings is 1. The third kappa shape index (κ3) is 3.81. The molecule has 3 heterocycles. The van der Waals surface area contributed by atoms with Gasteiger partial charge < -0.3 is 4.74 Å². The minimum atomic E-state index is -0.318. The van der Waals surface area contributed by atoms with Crippen LogP contribution in [0.25, 0.3) is 5.82 Å². The van der Waals surface area contributed by atoms with Crippen LogP contribution >= 0.6 is 0 Å². The van der Waals surface area contributed by atoms with Gasteiger partial charge in [0.25, 0.3) is 0 Å². The predicted octanol–water partition coefficient (Wildman–Crippen LogP) is 2.70. The number of imidazole rings is 1. The number of carbonyl (C=O) groups is 1. The number of hydrogen-bond donors (Lipinski definition) is 0. The first-order valence-corrected chi connectivity index (χ1v) is 8.69. The zero-order valence-electron chi connectivity index (χ0n) is 14.4. The highest BCUT2D eigenvalue weighted by molar-refractivity contribution is 5.89. The molecular weight excluding hydrogens is 328 g/mol.